The summed E-state index contributed by atoms with van der Waals surface area (Å²) in [4.78, 5) is 0. The summed E-state index contributed by atoms with van der Waals surface area (Å²) >= 11 is 0. The SMILES string of the molecule is CC(C)CNCc1nnnn1CC(C)(C)S(C)(=O)=O. The molecule has 0 fully saturated rings. The summed E-state index contributed by atoms with van der Waals surface area (Å²) < 4.78 is 24.0. The van der Waals surface area contributed by atoms with Crippen LogP contribution in [0, 0.1) is 5.92 Å². The van der Waals surface area contributed by atoms with E-state index < -0.39 is 14.6 Å². The van der Waals surface area contributed by atoms with Gasteiger partial charge in [-0.1, -0.05) is 13.8 Å². The van der Waals surface area contributed by atoms with Gasteiger partial charge in [0.05, 0.1) is 17.8 Å². The molecular weight excluding hydrogens is 266 g/mol. The fourth-order valence-corrected chi connectivity index (χ4v) is 1.78. The summed E-state index contributed by atoms with van der Waals surface area (Å²) in [5, 5.41) is 14.6. The van der Waals surface area contributed by atoms with Gasteiger partial charge in [0.1, 0.15) is 0 Å². The molecule has 0 aliphatic carbocycles. The van der Waals surface area contributed by atoms with Crippen molar-refractivity contribution in [3.8, 4) is 0 Å². The highest BCUT2D eigenvalue weighted by Crippen LogP contribution is 2.17. The van der Waals surface area contributed by atoms with E-state index in [-0.39, 0.29) is 6.54 Å². The molecule has 0 radical (unpaired) electrons. The highest BCUT2D eigenvalue weighted by Gasteiger charge is 2.32. The Morgan fingerprint density at radius 2 is 2.00 bits per heavy atom. The number of hydrogen-bond acceptors (Lipinski definition) is 6. The molecule has 0 aliphatic rings. The first-order chi connectivity index (χ1) is 8.63. The van der Waals surface area contributed by atoms with Gasteiger partial charge in [0.2, 0.25) is 0 Å². The minimum atomic E-state index is -3.17. The average Bonchev–Trinajstić information content (AvgIpc) is 2.62. The van der Waals surface area contributed by atoms with Crippen molar-refractivity contribution in [1.29, 1.82) is 0 Å². The van der Waals surface area contributed by atoms with E-state index >= 15 is 0 Å². The average molecular weight is 289 g/mol. The predicted octanol–water partition coefficient (Wildman–Crippen LogP) is 0.242. The molecule has 110 valence electrons. The van der Waals surface area contributed by atoms with Crippen molar-refractivity contribution in [3.63, 3.8) is 0 Å². The van der Waals surface area contributed by atoms with Crippen LogP contribution in [0.3, 0.4) is 0 Å². The number of rotatable bonds is 7. The number of sulfone groups is 1. The number of tetrazole rings is 1. The van der Waals surface area contributed by atoms with Gasteiger partial charge in [-0.25, -0.2) is 13.1 Å². The van der Waals surface area contributed by atoms with Crippen molar-refractivity contribution in [1.82, 2.24) is 25.5 Å². The summed E-state index contributed by atoms with van der Waals surface area (Å²) in [5.74, 6) is 1.19. The highest BCUT2D eigenvalue weighted by molar-refractivity contribution is 7.92. The molecule has 1 aromatic rings. The van der Waals surface area contributed by atoms with E-state index in [1.807, 2.05) is 0 Å². The molecule has 8 heteroatoms. The zero-order chi connectivity index (χ0) is 14.7. The Kier molecular flexibility index (Phi) is 5.03. The van der Waals surface area contributed by atoms with E-state index in [2.05, 4.69) is 34.7 Å². The molecule has 0 spiro atoms. The molecular formula is C11H23N5O2S. The van der Waals surface area contributed by atoms with Crippen molar-refractivity contribution in [2.24, 2.45) is 5.92 Å². The van der Waals surface area contributed by atoms with E-state index in [4.69, 9.17) is 0 Å². The van der Waals surface area contributed by atoms with Crippen LogP contribution in [-0.2, 0) is 22.9 Å². The topological polar surface area (TPSA) is 89.8 Å². The van der Waals surface area contributed by atoms with Crippen LogP contribution in [0.25, 0.3) is 0 Å². The Bertz CT molecular complexity index is 507. The fourth-order valence-electron chi connectivity index (χ4n) is 1.42. The van der Waals surface area contributed by atoms with Gasteiger partial charge in [-0.05, 0) is 36.7 Å². The molecule has 0 saturated carbocycles. The maximum absolute atomic E-state index is 11.7. The third kappa shape index (κ3) is 4.54. The Morgan fingerprint density at radius 1 is 1.37 bits per heavy atom. The largest absolute Gasteiger partial charge is 0.310 e. The van der Waals surface area contributed by atoms with Crippen LogP contribution in [0.1, 0.15) is 33.5 Å². The quantitative estimate of drug-likeness (QED) is 0.773. The third-order valence-electron chi connectivity index (χ3n) is 2.98. The number of nitrogens with one attached hydrogen (secondary N) is 1. The second-order valence-corrected chi connectivity index (χ2v) is 8.46. The lowest BCUT2D eigenvalue weighted by Gasteiger charge is -2.22. The summed E-state index contributed by atoms with van der Waals surface area (Å²) in [6.45, 7) is 9.22. The van der Waals surface area contributed by atoms with E-state index in [1.54, 1.807) is 18.5 Å². The van der Waals surface area contributed by atoms with Crippen LogP contribution < -0.4 is 5.32 Å². The van der Waals surface area contributed by atoms with Crippen molar-refractivity contribution in [2.75, 3.05) is 12.8 Å². The van der Waals surface area contributed by atoms with Gasteiger partial charge in [-0.2, -0.15) is 0 Å². The van der Waals surface area contributed by atoms with Crippen molar-refractivity contribution < 1.29 is 8.42 Å². The van der Waals surface area contributed by atoms with Crippen LogP contribution in [0.4, 0.5) is 0 Å². The summed E-state index contributed by atoms with van der Waals surface area (Å²) in [6, 6.07) is 0. The van der Waals surface area contributed by atoms with E-state index in [0.29, 0.717) is 18.3 Å². The fraction of sp³-hybridized carbons (Fsp3) is 0.909. The molecule has 1 rings (SSSR count). The minimum absolute atomic E-state index is 0.248. The van der Waals surface area contributed by atoms with E-state index in [0.717, 1.165) is 6.54 Å². The van der Waals surface area contributed by atoms with Crippen molar-refractivity contribution >= 4 is 9.84 Å². The normalized spacial score (nSPS) is 13.2. The van der Waals surface area contributed by atoms with Crippen LogP contribution >= 0.6 is 0 Å². The standard InChI is InChI=1S/C11H23N5O2S/c1-9(2)6-12-7-10-13-14-15-16(10)8-11(3,4)19(5,17)18/h9,12H,6-8H2,1-5H3. The number of hydrogen-bond donors (Lipinski definition) is 1. The first-order valence-corrected chi connectivity index (χ1v) is 8.18. The summed E-state index contributed by atoms with van der Waals surface area (Å²) in [5.41, 5.74) is 0. The van der Waals surface area contributed by atoms with Gasteiger partial charge in [0.25, 0.3) is 0 Å². The van der Waals surface area contributed by atoms with E-state index in [9.17, 15) is 8.42 Å². The first kappa shape index (κ1) is 16.0. The molecule has 1 aromatic heterocycles. The molecule has 0 amide bonds. The molecule has 0 unspecified atom stereocenters. The molecule has 0 bridgehead atoms. The molecule has 7 nitrogen and oxygen atoms in total. The number of aromatic nitrogens is 4. The lowest BCUT2D eigenvalue weighted by Crippen LogP contribution is -2.37. The Morgan fingerprint density at radius 3 is 2.53 bits per heavy atom. The van der Waals surface area contributed by atoms with Crippen molar-refractivity contribution in [2.45, 2.75) is 45.5 Å². The van der Waals surface area contributed by atoms with Gasteiger partial charge < -0.3 is 5.32 Å². The van der Waals surface area contributed by atoms with Crippen LogP contribution in [0.5, 0.6) is 0 Å². The maximum Gasteiger partial charge on any atom is 0.165 e. The lowest BCUT2D eigenvalue weighted by molar-refractivity contribution is 0.448. The predicted molar refractivity (Wildman–Crippen MR) is 73.3 cm³/mol. The molecule has 1 heterocycles. The van der Waals surface area contributed by atoms with Crippen LogP contribution in [-0.4, -0.2) is 46.2 Å². The van der Waals surface area contributed by atoms with Crippen LogP contribution in [0.15, 0.2) is 0 Å². The Balaban J connectivity index is 2.73. The Hall–Kier alpha value is -1.02. The molecule has 0 aromatic carbocycles. The third-order valence-corrected chi connectivity index (χ3v) is 5.11. The van der Waals surface area contributed by atoms with Gasteiger partial charge in [0.15, 0.2) is 15.7 Å². The van der Waals surface area contributed by atoms with Gasteiger partial charge in [0, 0.05) is 6.26 Å². The zero-order valence-corrected chi connectivity index (χ0v) is 13.0. The smallest absolute Gasteiger partial charge is 0.165 e. The van der Waals surface area contributed by atoms with Crippen molar-refractivity contribution in [3.05, 3.63) is 5.82 Å². The van der Waals surface area contributed by atoms with Gasteiger partial charge in [-0.15, -0.1) is 5.10 Å². The van der Waals surface area contributed by atoms with E-state index in [1.165, 1.54) is 6.26 Å². The highest BCUT2D eigenvalue weighted by atomic mass is 32.2. The monoisotopic (exact) mass is 289 g/mol. The molecule has 19 heavy (non-hydrogen) atoms. The second kappa shape index (κ2) is 5.96. The Labute approximate surface area is 114 Å². The van der Waals surface area contributed by atoms with Gasteiger partial charge >= 0.3 is 0 Å². The molecule has 0 aliphatic heterocycles. The molecule has 0 atom stereocenters. The first-order valence-electron chi connectivity index (χ1n) is 6.29. The minimum Gasteiger partial charge on any atom is -0.310 e. The second-order valence-electron chi connectivity index (χ2n) is 5.81. The molecule has 1 N–H and O–H groups in total. The van der Waals surface area contributed by atoms with Gasteiger partial charge in [-0.3, -0.25) is 0 Å². The maximum atomic E-state index is 11.7. The summed E-state index contributed by atoms with van der Waals surface area (Å²) in [7, 11) is -3.17. The number of nitrogens with zero attached hydrogens (tertiary/aromatic N) is 4. The van der Waals surface area contributed by atoms with Crippen LogP contribution in [0.2, 0.25) is 0 Å². The molecule has 0 saturated heterocycles. The summed E-state index contributed by atoms with van der Waals surface area (Å²) in [6.07, 6.45) is 1.23. The zero-order valence-electron chi connectivity index (χ0n) is 12.2. The lowest BCUT2D eigenvalue weighted by atomic mass is 10.2.